The van der Waals surface area contributed by atoms with E-state index in [0.29, 0.717) is 11.7 Å². The Morgan fingerprint density at radius 2 is 1.57 bits per heavy atom. The first-order valence-corrected chi connectivity index (χ1v) is 9.05. The van der Waals surface area contributed by atoms with Gasteiger partial charge in [-0.15, -0.1) is 0 Å². The van der Waals surface area contributed by atoms with Crippen LogP contribution in [0.1, 0.15) is 69.9 Å². The van der Waals surface area contributed by atoms with E-state index in [1.54, 1.807) is 0 Å². The summed E-state index contributed by atoms with van der Waals surface area (Å²) in [6.45, 7) is 6.70. The number of rotatable bonds is 8. The predicted octanol–water partition coefficient (Wildman–Crippen LogP) is 6.70. The molecule has 0 atom stereocenters. The average Bonchev–Trinajstić information content (AvgIpc) is 2.56. The van der Waals surface area contributed by atoms with Gasteiger partial charge in [0.2, 0.25) is 0 Å². The van der Waals surface area contributed by atoms with Gasteiger partial charge in [0.15, 0.2) is 0 Å². The van der Waals surface area contributed by atoms with Crippen LogP contribution in [0.25, 0.3) is 11.1 Å². The van der Waals surface area contributed by atoms with Gasteiger partial charge in [-0.3, -0.25) is 0 Å². The van der Waals surface area contributed by atoms with E-state index in [4.69, 9.17) is 0 Å². The van der Waals surface area contributed by atoms with Gasteiger partial charge in [0.05, 0.1) is 0 Å². The van der Waals surface area contributed by atoms with E-state index in [1.165, 1.54) is 43.2 Å². The van der Waals surface area contributed by atoms with Crippen LogP contribution in [-0.4, -0.2) is 5.11 Å². The van der Waals surface area contributed by atoms with Crippen molar-refractivity contribution in [2.24, 2.45) is 0 Å². The minimum absolute atomic E-state index is 0.398. The van der Waals surface area contributed by atoms with E-state index in [9.17, 15) is 5.11 Å². The number of aryl methyl sites for hydroxylation is 1. The first-order chi connectivity index (χ1) is 11.1. The fourth-order valence-electron chi connectivity index (χ4n) is 3.36. The van der Waals surface area contributed by atoms with Gasteiger partial charge in [0.1, 0.15) is 5.75 Å². The van der Waals surface area contributed by atoms with Crippen LogP contribution in [0.4, 0.5) is 0 Å². The molecule has 0 saturated carbocycles. The van der Waals surface area contributed by atoms with Crippen LogP contribution in [-0.2, 0) is 6.42 Å². The topological polar surface area (TPSA) is 20.2 Å². The van der Waals surface area contributed by atoms with E-state index in [2.05, 4.69) is 39.0 Å². The molecule has 2 aromatic rings. The van der Waals surface area contributed by atoms with Gasteiger partial charge >= 0.3 is 0 Å². The van der Waals surface area contributed by atoms with E-state index in [0.717, 1.165) is 17.5 Å². The summed E-state index contributed by atoms with van der Waals surface area (Å²) in [4.78, 5) is 0. The van der Waals surface area contributed by atoms with Crippen LogP contribution in [0.15, 0.2) is 42.5 Å². The lowest BCUT2D eigenvalue weighted by Crippen LogP contribution is -2.01. The molecule has 0 spiro atoms. The molecule has 2 rings (SSSR count). The lowest BCUT2D eigenvalue weighted by Gasteiger charge is -2.20. The molecular formula is C22H30O. The van der Waals surface area contributed by atoms with Gasteiger partial charge in [-0.1, -0.05) is 82.9 Å². The zero-order chi connectivity index (χ0) is 16.7. The Labute approximate surface area is 141 Å². The van der Waals surface area contributed by atoms with Crippen molar-refractivity contribution in [1.29, 1.82) is 0 Å². The van der Waals surface area contributed by atoms with Crippen molar-refractivity contribution >= 4 is 0 Å². The number of phenolic OH excluding ortho intramolecular Hbond substituents is 1. The molecule has 0 aromatic heterocycles. The second kappa shape index (κ2) is 8.76. The first-order valence-electron chi connectivity index (χ1n) is 9.05. The second-order valence-corrected chi connectivity index (χ2v) is 6.72. The van der Waals surface area contributed by atoms with Gasteiger partial charge < -0.3 is 5.11 Å². The molecule has 0 aliphatic rings. The summed E-state index contributed by atoms with van der Waals surface area (Å²) in [5.74, 6) is 0.803. The van der Waals surface area contributed by atoms with E-state index in [-0.39, 0.29) is 0 Å². The van der Waals surface area contributed by atoms with Crippen molar-refractivity contribution in [3.8, 4) is 16.9 Å². The zero-order valence-electron chi connectivity index (χ0n) is 14.8. The SMILES string of the molecule is CCCCCCCc1ccc(O)c(-c2ccccc2)c1C(C)C. The number of aromatic hydroxyl groups is 1. The van der Waals surface area contributed by atoms with Crippen molar-refractivity contribution in [1.82, 2.24) is 0 Å². The van der Waals surface area contributed by atoms with E-state index >= 15 is 0 Å². The third-order valence-electron chi connectivity index (χ3n) is 4.50. The molecule has 0 radical (unpaired) electrons. The summed E-state index contributed by atoms with van der Waals surface area (Å²) in [7, 11) is 0. The number of hydrogen-bond acceptors (Lipinski definition) is 1. The van der Waals surface area contributed by atoms with Crippen molar-refractivity contribution in [3.05, 3.63) is 53.6 Å². The molecular weight excluding hydrogens is 280 g/mol. The molecule has 23 heavy (non-hydrogen) atoms. The summed E-state index contributed by atoms with van der Waals surface area (Å²) in [5.41, 5.74) is 4.84. The average molecular weight is 310 g/mol. The first kappa shape index (κ1) is 17.6. The van der Waals surface area contributed by atoms with Crippen LogP contribution >= 0.6 is 0 Å². The van der Waals surface area contributed by atoms with Gasteiger partial charge in [-0.2, -0.15) is 0 Å². The lowest BCUT2D eigenvalue weighted by atomic mass is 9.86. The monoisotopic (exact) mass is 310 g/mol. The Morgan fingerprint density at radius 1 is 0.870 bits per heavy atom. The van der Waals surface area contributed by atoms with Gasteiger partial charge in [-0.05, 0) is 41.5 Å². The third-order valence-corrected chi connectivity index (χ3v) is 4.50. The molecule has 1 N–H and O–H groups in total. The molecule has 1 nitrogen and oxygen atoms in total. The van der Waals surface area contributed by atoms with Crippen molar-refractivity contribution in [3.63, 3.8) is 0 Å². The van der Waals surface area contributed by atoms with Crippen molar-refractivity contribution < 1.29 is 5.11 Å². The van der Waals surface area contributed by atoms with Crippen LogP contribution < -0.4 is 0 Å². The number of unbranched alkanes of at least 4 members (excludes halogenated alkanes) is 4. The lowest BCUT2D eigenvalue weighted by molar-refractivity contribution is 0.475. The molecule has 0 fully saturated rings. The summed E-state index contributed by atoms with van der Waals surface area (Å²) < 4.78 is 0. The van der Waals surface area contributed by atoms with Crippen molar-refractivity contribution in [2.75, 3.05) is 0 Å². The molecule has 0 aliphatic heterocycles. The van der Waals surface area contributed by atoms with Gasteiger partial charge in [0.25, 0.3) is 0 Å². The molecule has 1 heteroatoms. The number of benzene rings is 2. The third kappa shape index (κ3) is 4.60. The predicted molar refractivity (Wildman–Crippen MR) is 100 cm³/mol. The molecule has 0 unspecified atom stereocenters. The van der Waals surface area contributed by atoms with Crippen LogP contribution in [0, 0.1) is 0 Å². The fraction of sp³-hybridized carbons (Fsp3) is 0.455. The highest BCUT2D eigenvalue weighted by Gasteiger charge is 2.17. The molecule has 2 aromatic carbocycles. The molecule has 0 bridgehead atoms. The minimum Gasteiger partial charge on any atom is -0.507 e. The van der Waals surface area contributed by atoms with Crippen LogP contribution in [0.2, 0.25) is 0 Å². The zero-order valence-corrected chi connectivity index (χ0v) is 14.8. The van der Waals surface area contributed by atoms with Crippen LogP contribution in [0.5, 0.6) is 5.75 Å². The fourth-order valence-corrected chi connectivity index (χ4v) is 3.36. The number of hydrogen-bond donors (Lipinski definition) is 1. The highest BCUT2D eigenvalue weighted by atomic mass is 16.3. The summed E-state index contributed by atoms with van der Waals surface area (Å²) in [5, 5.41) is 10.5. The van der Waals surface area contributed by atoms with Crippen molar-refractivity contribution in [2.45, 2.75) is 65.2 Å². The quantitative estimate of drug-likeness (QED) is 0.538. The minimum atomic E-state index is 0.398. The molecule has 124 valence electrons. The Balaban J connectivity index is 2.29. The smallest absolute Gasteiger partial charge is 0.123 e. The summed E-state index contributed by atoms with van der Waals surface area (Å²) in [6.07, 6.45) is 7.59. The number of phenols is 1. The largest absolute Gasteiger partial charge is 0.507 e. The van der Waals surface area contributed by atoms with E-state index in [1.807, 2.05) is 24.3 Å². The summed E-state index contributed by atoms with van der Waals surface area (Å²) in [6, 6.07) is 14.3. The normalized spacial score (nSPS) is 11.1. The highest BCUT2D eigenvalue weighted by molar-refractivity contribution is 5.75. The maximum Gasteiger partial charge on any atom is 0.123 e. The standard InChI is InChI=1S/C22H30O/c1-4-5-6-7-9-14-19-15-16-20(23)22(21(19)17(2)3)18-12-10-8-11-13-18/h8,10-13,15-17,23H,4-7,9,14H2,1-3H3. The maximum atomic E-state index is 10.5. The van der Waals surface area contributed by atoms with Gasteiger partial charge in [0, 0.05) is 5.56 Å². The molecule has 0 aliphatic carbocycles. The molecule has 0 heterocycles. The Morgan fingerprint density at radius 3 is 2.22 bits per heavy atom. The van der Waals surface area contributed by atoms with E-state index < -0.39 is 0 Å². The molecule has 0 saturated heterocycles. The molecule has 0 amide bonds. The Kier molecular flexibility index (Phi) is 6.70. The Bertz CT molecular complexity index is 599. The second-order valence-electron chi connectivity index (χ2n) is 6.72. The Hall–Kier alpha value is -1.76. The van der Waals surface area contributed by atoms with Gasteiger partial charge in [-0.25, -0.2) is 0 Å². The van der Waals surface area contributed by atoms with Crippen LogP contribution in [0.3, 0.4) is 0 Å². The highest BCUT2D eigenvalue weighted by Crippen LogP contribution is 2.39. The maximum absolute atomic E-state index is 10.5. The summed E-state index contributed by atoms with van der Waals surface area (Å²) >= 11 is 0.